The number of carbonyl (C=O) groups excluding carboxylic acids is 1. The highest BCUT2D eigenvalue weighted by molar-refractivity contribution is 5.85. The molecule has 0 aromatic carbocycles. The van der Waals surface area contributed by atoms with Gasteiger partial charge in [0.25, 0.3) is 0 Å². The van der Waals surface area contributed by atoms with E-state index in [1.807, 2.05) is 6.92 Å². The van der Waals surface area contributed by atoms with Crippen molar-refractivity contribution in [2.75, 3.05) is 13.2 Å². The summed E-state index contributed by atoms with van der Waals surface area (Å²) in [7, 11) is 0. The summed E-state index contributed by atoms with van der Waals surface area (Å²) in [6.45, 7) is 13.1. The van der Waals surface area contributed by atoms with E-state index in [9.17, 15) is 45.3 Å². The number of hydrogen-bond acceptors (Lipinski definition) is 12. The molecule has 7 rings (SSSR count). The predicted molar refractivity (Wildman–Crippen MR) is 188 cm³/mol. The van der Waals surface area contributed by atoms with E-state index in [2.05, 4.69) is 40.7 Å². The highest BCUT2D eigenvalue weighted by Gasteiger charge is 2.69. The maximum atomic E-state index is 13.9. The van der Waals surface area contributed by atoms with Crippen LogP contribution in [0.4, 0.5) is 0 Å². The number of Topliss-reactive ketones (excluding diaryl/α,β-unsaturated/α-hetero) is 1. The molecule has 0 aromatic rings. The fraction of sp³-hybridized carbons (Fsp3) is 0.900. The third-order valence-corrected chi connectivity index (χ3v) is 16.2. The van der Waals surface area contributed by atoms with Gasteiger partial charge in [0.1, 0.15) is 42.4 Å². The molecule has 53 heavy (non-hydrogen) atoms. The molecule has 2 aliphatic heterocycles. The normalized spacial score (nSPS) is 53.7. The Morgan fingerprint density at radius 1 is 0.849 bits per heavy atom. The molecule has 5 aliphatic carbocycles. The first-order valence-electron chi connectivity index (χ1n) is 19.8. The molecular weight excluding hydrogens is 688 g/mol. The summed E-state index contributed by atoms with van der Waals surface area (Å²) in [5, 5.41) is 73.9. The Morgan fingerprint density at radius 3 is 2.23 bits per heavy atom. The van der Waals surface area contributed by atoms with Crippen LogP contribution in [-0.2, 0) is 28.5 Å². The number of carboxylic acid groups (broad SMARTS) is 1. The van der Waals surface area contributed by atoms with Gasteiger partial charge in [0.2, 0.25) is 0 Å². The molecule has 0 aromatic heterocycles. The third-order valence-electron chi connectivity index (χ3n) is 16.2. The Morgan fingerprint density at radius 2 is 1.55 bits per heavy atom. The standard InChI is InChI=1S/C40H62O13/c1-36(2)12-9-19-20(15-36)21-7-8-25-37(3)13-11-26(38(4,18-41)24(37)10-14-39(25,5)40(21,6)16-22(19)42)51-35-30(47)28(45)31(32(53-35)33(48)49)52-34-29(46)27(44)23(43)17-50-34/h7,19-20,23-32,34-35,41,43-47H,8-18H2,1-6H3,(H,48,49). The molecule has 4 saturated carbocycles. The van der Waals surface area contributed by atoms with E-state index >= 15 is 0 Å². The first-order valence-corrected chi connectivity index (χ1v) is 19.8. The molecule has 0 radical (unpaired) electrons. The van der Waals surface area contributed by atoms with Crippen LogP contribution in [0.25, 0.3) is 0 Å². The minimum atomic E-state index is -1.85. The summed E-state index contributed by atoms with van der Waals surface area (Å²) in [6, 6.07) is 0. The van der Waals surface area contributed by atoms with Crippen LogP contribution in [0.2, 0.25) is 0 Å². The zero-order valence-corrected chi connectivity index (χ0v) is 32.0. The van der Waals surface area contributed by atoms with Gasteiger partial charge in [0.15, 0.2) is 18.7 Å². The van der Waals surface area contributed by atoms with Crippen LogP contribution in [0.3, 0.4) is 0 Å². The monoisotopic (exact) mass is 750 g/mol. The number of ether oxygens (including phenoxy) is 4. The molecular formula is C40H62O13. The Hall–Kier alpha value is -1.52. The minimum Gasteiger partial charge on any atom is -0.479 e. The van der Waals surface area contributed by atoms with Crippen molar-refractivity contribution in [1.82, 2.24) is 0 Å². The average Bonchev–Trinajstić information content (AvgIpc) is 3.08. The van der Waals surface area contributed by atoms with Crippen LogP contribution < -0.4 is 0 Å². The van der Waals surface area contributed by atoms with Gasteiger partial charge in [-0.15, -0.1) is 0 Å². The molecule has 7 aliphatic rings. The lowest BCUT2D eigenvalue weighted by Gasteiger charge is -2.70. The van der Waals surface area contributed by atoms with E-state index in [0.29, 0.717) is 18.6 Å². The van der Waals surface area contributed by atoms with Crippen molar-refractivity contribution < 1.29 is 64.3 Å². The number of rotatable bonds is 6. The SMILES string of the molecule is CC1(C)CCC2C(=O)CC3(C)C(=CCC4C5(C)CCC(OC6OC(C(=O)O)C(OC7OCC(O)C(O)C7O)C(O)C6O)C(C)(CO)C5CCC43C)C2C1. The van der Waals surface area contributed by atoms with Crippen molar-refractivity contribution in [3.05, 3.63) is 11.6 Å². The van der Waals surface area contributed by atoms with E-state index in [0.717, 1.165) is 44.9 Å². The third kappa shape index (κ3) is 6.01. The van der Waals surface area contributed by atoms with Gasteiger partial charge in [0.05, 0.1) is 19.3 Å². The Labute approximate surface area is 312 Å². The van der Waals surface area contributed by atoms with Crippen molar-refractivity contribution in [1.29, 1.82) is 0 Å². The molecule has 2 heterocycles. The molecule has 6 fully saturated rings. The van der Waals surface area contributed by atoms with Gasteiger partial charge in [0, 0.05) is 23.2 Å². The number of hydrogen-bond donors (Lipinski definition) is 7. The second-order valence-corrected chi connectivity index (χ2v) is 19.5. The number of ketones is 1. The van der Waals surface area contributed by atoms with Crippen molar-refractivity contribution >= 4 is 11.8 Å². The first-order chi connectivity index (χ1) is 24.7. The fourth-order valence-corrected chi connectivity index (χ4v) is 12.9. The molecule has 18 atom stereocenters. The smallest absolute Gasteiger partial charge is 0.335 e. The van der Waals surface area contributed by atoms with Crippen LogP contribution in [0.5, 0.6) is 0 Å². The zero-order valence-electron chi connectivity index (χ0n) is 32.0. The lowest BCUT2D eigenvalue weighted by Crippen LogP contribution is -2.67. The summed E-state index contributed by atoms with van der Waals surface area (Å²) < 4.78 is 23.0. The van der Waals surface area contributed by atoms with E-state index in [1.54, 1.807) is 0 Å². The molecule has 0 bridgehead atoms. The predicted octanol–water partition coefficient (Wildman–Crippen LogP) is 2.31. The fourth-order valence-electron chi connectivity index (χ4n) is 12.9. The first kappa shape index (κ1) is 39.7. The van der Waals surface area contributed by atoms with Crippen LogP contribution in [0.15, 0.2) is 11.6 Å². The molecule has 2 saturated heterocycles. The van der Waals surface area contributed by atoms with E-state index in [1.165, 1.54) is 5.57 Å². The molecule has 300 valence electrons. The topological polar surface area (TPSA) is 213 Å². The second-order valence-electron chi connectivity index (χ2n) is 19.5. The quantitative estimate of drug-likeness (QED) is 0.154. The van der Waals surface area contributed by atoms with Crippen molar-refractivity contribution in [2.24, 2.45) is 50.7 Å². The summed E-state index contributed by atoms with van der Waals surface area (Å²) >= 11 is 0. The van der Waals surface area contributed by atoms with Crippen LogP contribution in [0.1, 0.15) is 99.3 Å². The van der Waals surface area contributed by atoms with Crippen LogP contribution in [-0.4, -0.2) is 122 Å². The number of aliphatic hydroxyl groups excluding tert-OH is 6. The number of fused-ring (bicyclic) bond motifs is 7. The van der Waals surface area contributed by atoms with Crippen LogP contribution >= 0.6 is 0 Å². The molecule has 18 unspecified atom stereocenters. The lowest BCUT2D eigenvalue weighted by atomic mass is 9.34. The number of aliphatic carboxylic acids is 1. The summed E-state index contributed by atoms with van der Waals surface area (Å²) in [5.74, 6) is -0.449. The van der Waals surface area contributed by atoms with Crippen molar-refractivity contribution in [3.63, 3.8) is 0 Å². The van der Waals surface area contributed by atoms with Gasteiger partial charge in [-0.25, -0.2) is 4.79 Å². The van der Waals surface area contributed by atoms with Crippen molar-refractivity contribution in [2.45, 2.75) is 161 Å². The van der Waals surface area contributed by atoms with Gasteiger partial charge < -0.3 is 54.7 Å². The molecule has 0 amide bonds. The summed E-state index contributed by atoms with van der Waals surface area (Å²) in [4.78, 5) is 26.3. The molecule has 0 spiro atoms. The molecule has 13 nitrogen and oxygen atoms in total. The average molecular weight is 751 g/mol. The highest BCUT2D eigenvalue weighted by atomic mass is 16.7. The van der Waals surface area contributed by atoms with E-state index in [-0.39, 0.29) is 51.9 Å². The number of allylic oxidation sites excluding steroid dienone is 2. The highest BCUT2D eigenvalue weighted by Crippen LogP contribution is 2.74. The van der Waals surface area contributed by atoms with Gasteiger partial charge in [-0.05, 0) is 85.4 Å². The van der Waals surface area contributed by atoms with Gasteiger partial charge in [-0.2, -0.15) is 0 Å². The maximum Gasteiger partial charge on any atom is 0.335 e. The van der Waals surface area contributed by atoms with Crippen molar-refractivity contribution in [3.8, 4) is 0 Å². The Bertz CT molecular complexity index is 1470. The summed E-state index contributed by atoms with van der Waals surface area (Å²) in [5.41, 5.74) is 0.289. The Kier molecular flexibility index (Phi) is 10.2. The lowest BCUT2D eigenvalue weighted by molar-refractivity contribution is -0.356. The van der Waals surface area contributed by atoms with Gasteiger partial charge in [-0.3, -0.25) is 4.79 Å². The molecule has 13 heteroatoms. The number of carboxylic acids is 1. The maximum absolute atomic E-state index is 13.9. The molecule has 7 N–H and O–H groups in total. The van der Waals surface area contributed by atoms with E-state index in [4.69, 9.17) is 18.9 Å². The van der Waals surface area contributed by atoms with Crippen LogP contribution in [0, 0.1) is 50.7 Å². The Balaban J connectivity index is 1.11. The zero-order chi connectivity index (χ0) is 38.6. The number of aliphatic hydroxyl groups is 6. The minimum absolute atomic E-state index is 0.000227. The number of carbonyl (C=O) groups is 2. The van der Waals surface area contributed by atoms with Gasteiger partial charge >= 0.3 is 5.97 Å². The second kappa shape index (κ2) is 13.6. The summed E-state index contributed by atoms with van der Waals surface area (Å²) in [6.07, 6.45) is -5.84. The van der Waals surface area contributed by atoms with E-state index < -0.39 is 79.4 Å². The van der Waals surface area contributed by atoms with Gasteiger partial charge in [-0.1, -0.05) is 53.2 Å². The largest absolute Gasteiger partial charge is 0.479 e.